The second kappa shape index (κ2) is 7.05. The van der Waals surface area contributed by atoms with E-state index in [4.69, 9.17) is 9.15 Å². The van der Waals surface area contributed by atoms with E-state index in [0.717, 1.165) is 6.08 Å². The third kappa shape index (κ3) is 5.36. The molecule has 0 saturated heterocycles. The van der Waals surface area contributed by atoms with Crippen LogP contribution in [0, 0.1) is 0 Å². The second-order valence-corrected chi connectivity index (χ2v) is 2.89. The van der Waals surface area contributed by atoms with E-state index in [1.54, 1.807) is 12.1 Å². The van der Waals surface area contributed by atoms with E-state index in [0.29, 0.717) is 5.76 Å². The molecule has 0 fully saturated rings. The average molecular weight is 236 g/mol. The molecule has 0 radical (unpaired) electrons. The smallest absolute Gasteiger partial charge is 0.331 e. The van der Waals surface area contributed by atoms with E-state index in [1.807, 2.05) is 0 Å². The van der Waals surface area contributed by atoms with Gasteiger partial charge >= 0.3 is 11.9 Å². The molecular formula is C12H12O5. The van der Waals surface area contributed by atoms with Crippen molar-refractivity contribution >= 4 is 18.0 Å². The molecule has 5 nitrogen and oxygen atoms in total. The van der Waals surface area contributed by atoms with Crippen LogP contribution in [0.2, 0.25) is 0 Å². The summed E-state index contributed by atoms with van der Waals surface area (Å²) >= 11 is 0. The van der Waals surface area contributed by atoms with Crippen LogP contribution in [-0.4, -0.2) is 25.2 Å². The SMILES string of the molecule is C=CC(=O)OCCOC(=O)C=Cc1ccco1. The van der Waals surface area contributed by atoms with Crippen LogP contribution in [-0.2, 0) is 19.1 Å². The van der Waals surface area contributed by atoms with E-state index in [9.17, 15) is 9.59 Å². The van der Waals surface area contributed by atoms with Crippen molar-refractivity contribution in [2.45, 2.75) is 0 Å². The first-order valence-electron chi connectivity index (χ1n) is 4.90. The van der Waals surface area contributed by atoms with Gasteiger partial charge in [-0.15, -0.1) is 0 Å². The summed E-state index contributed by atoms with van der Waals surface area (Å²) in [5.41, 5.74) is 0. The molecule has 1 heterocycles. The molecule has 0 aliphatic rings. The van der Waals surface area contributed by atoms with Crippen molar-refractivity contribution < 1.29 is 23.5 Å². The lowest BCUT2D eigenvalue weighted by Crippen LogP contribution is -2.11. The van der Waals surface area contributed by atoms with Crippen LogP contribution in [0.15, 0.2) is 41.5 Å². The number of furan rings is 1. The Bertz CT molecular complexity index is 403. The third-order valence-corrected chi connectivity index (χ3v) is 1.67. The fraction of sp³-hybridized carbons (Fsp3) is 0.167. The molecule has 0 N–H and O–H groups in total. The molecule has 90 valence electrons. The lowest BCUT2D eigenvalue weighted by atomic mass is 10.4. The number of carbonyl (C=O) groups excluding carboxylic acids is 2. The normalized spacial score (nSPS) is 10.1. The predicted molar refractivity (Wildman–Crippen MR) is 59.9 cm³/mol. The van der Waals surface area contributed by atoms with Crippen molar-refractivity contribution in [3.8, 4) is 0 Å². The monoisotopic (exact) mass is 236 g/mol. The maximum Gasteiger partial charge on any atom is 0.331 e. The lowest BCUT2D eigenvalue weighted by Gasteiger charge is -2.01. The van der Waals surface area contributed by atoms with Crippen molar-refractivity contribution in [3.05, 3.63) is 42.9 Å². The van der Waals surface area contributed by atoms with Crippen molar-refractivity contribution in [1.82, 2.24) is 0 Å². The van der Waals surface area contributed by atoms with Gasteiger partial charge in [0.2, 0.25) is 0 Å². The summed E-state index contributed by atoms with van der Waals surface area (Å²) in [6.45, 7) is 3.23. The van der Waals surface area contributed by atoms with Gasteiger partial charge < -0.3 is 13.9 Å². The minimum atomic E-state index is -0.549. The fourth-order valence-corrected chi connectivity index (χ4v) is 0.928. The molecule has 0 aliphatic carbocycles. The van der Waals surface area contributed by atoms with Gasteiger partial charge in [0.25, 0.3) is 0 Å². The molecule has 0 atom stereocenters. The maximum absolute atomic E-state index is 11.1. The Morgan fingerprint density at radius 3 is 2.59 bits per heavy atom. The summed E-state index contributed by atoms with van der Waals surface area (Å²) in [6.07, 6.45) is 5.25. The Labute approximate surface area is 98.3 Å². The second-order valence-electron chi connectivity index (χ2n) is 2.89. The van der Waals surface area contributed by atoms with Crippen LogP contribution < -0.4 is 0 Å². The molecule has 0 unspecified atom stereocenters. The number of hydrogen-bond donors (Lipinski definition) is 0. The molecule has 0 bridgehead atoms. The van der Waals surface area contributed by atoms with E-state index in [1.165, 1.54) is 18.4 Å². The summed E-state index contributed by atoms with van der Waals surface area (Å²) in [4.78, 5) is 21.8. The Morgan fingerprint density at radius 1 is 1.29 bits per heavy atom. The minimum absolute atomic E-state index is 0.000901. The summed E-state index contributed by atoms with van der Waals surface area (Å²) < 4.78 is 14.4. The molecule has 0 aromatic carbocycles. The summed E-state index contributed by atoms with van der Waals surface area (Å²) in [5.74, 6) is -0.525. The molecule has 17 heavy (non-hydrogen) atoms. The highest BCUT2D eigenvalue weighted by Gasteiger charge is 1.99. The minimum Gasteiger partial charge on any atom is -0.465 e. The van der Waals surface area contributed by atoms with Crippen LogP contribution >= 0.6 is 0 Å². The first-order chi connectivity index (χ1) is 8.22. The van der Waals surface area contributed by atoms with Gasteiger partial charge in [-0.2, -0.15) is 0 Å². The molecule has 0 saturated carbocycles. The third-order valence-electron chi connectivity index (χ3n) is 1.67. The Hall–Kier alpha value is -2.30. The Morgan fingerprint density at radius 2 is 2.00 bits per heavy atom. The van der Waals surface area contributed by atoms with Crippen LogP contribution in [0.5, 0.6) is 0 Å². The van der Waals surface area contributed by atoms with E-state index in [2.05, 4.69) is 11.3 Å². The van der Waals surface area contributed by atoms with Crippen molar-refractivity contribution in [1.29, 1.82) is 0 Å². The predicted octanol–water partition coefficient (Wildman–Crippen LogP) is 1.57. The highest BCUT2D eigenvalue weighted by Crippen LogP contribution is 2.02. The highest BCUT2D eigenvalue weighted by atomic mass is 16.6. The van der Waals surface area contributed by atoms with Crippen LogP contribution in [0.4, 0.5) is 0 Å². The number of carbonyl (C=O) groups is 2. The summed E-state index contributed by atoms with van der Waals surface area (Å²) in [5, 5.41) is 0. The van der Waals surface area contributed by atoms with Gasteiger partial charge in [0.1, 0.15) is 19.0 Å². The molecule has 1 rings (SSSR count). The molecular weight excluding hydrogens is 224 g/mol. The number of rotatable bonds is 6. The molecule has 1 aromatic heterocycles. The van der Waals surface area contributed by atoms with Gasteiger partial charge in [-0.25, -0.2) is 9.59 Å². The van der Waals surface area contributed by atoms with Gasteiger partial charge in [-0.05, 0) is 18.2 Å². The van der Waals surface area contributed by atoms with Gasteiger partial charge in [-0.3, -0.25) is 0 Å². The Balaban J connectivity index is 2.17. The lowest BCUT2D eigenvalue weighted by molar-refractivity contribution is -0.145. The topological polar surface area (TPSA) is 65.7 Å². The molecule has 5 heteroatoms. The van der Waals surface area contributed by atoms with Crippen LogP contribution in [0.1, 0.15) is 5.76 Å². The Kier molecular flexibility index (Phi) is 5.30. The highest BCUT2D eigenvalue weighted by molar-refractivity contribution is 5.86. The van der Waals surface area contributed by atoms with Crippen LogP contribution in [0.3, 0.4) is 0 Å². The van der Waals surface area contributed by atoms with Crippen LogP contribution in [0.25, 0.3) is 6.08 Å². The molecule has 0 aliphatic heterocycles. The zero-order valence-corrected chi connectivity index (χ0v) is 9.13. The van der Waals surface area contributed by atoms with E-state index < -0.39 is 11.9 Å². The average Bonchev–Trinajstić information content (AvgIpc) is 2.84. The largest absolute Gasteiger partial charge is 0.465 e. The van der Waals surface area contributed by atoms with Gasteiger partial charge in [-0.1, -0.05) is 6.58 Å². The van der Waals surface area contributed by atoms with Gasteiger partial charge in [0.05, 0.1) is 6.26 Å². The zero-order chi connectivity index (χ0) is 12.5. The van der Waals surface area contributed by atoms with Crippen molar-refractivity contribution in [3.63, 3.8) is 0 Å². The first-order valence-corrected chi connectivity index (χ1v) is 4.90. The maximum atomic E-state index is 11.1. The quantitative estimate of drug-likeness (QED) is 0.426. The number of ether oxygens (including phenoxy) is 2. The molecule has 0 amide bonds. The van der Waals surface area contributed by atoms with Gasteiger partial charge in [0, 0.05) is 12.2 Å². The van der Waals surface area contributed by atoms with E-state index >= 15 is 0 Å². The van der Waals surface area contributed by atoms with Crippen molar-refractivity contribution in [2.24, 2.45) is 0 Å². The van der Waals surface area contributed by atoms with E-state index in [-0.39, 0.29) is 13.2 Å². The summed E-state index contributed by atoms with van der Waals surface area (Å²) in [6, 6.07) is 3.41. The van der Waals surface area contributed by atoms with Crippen molar-refractivity contribution in [2.75, 3.05) is 13.2 Å². The molecule has 1 aromatic rings. The fourth-order valence-electron chi connectivity index (χ4n) is 0.928. The standard InChI is InChI=1S/C12H12O5/c1-2-11(13)16-8-9-17-12(14)6-5-10-4-3-7-15-10/h2-7H,1,8-9H2. The summed E-state index contributed by atoms with van der Waals surface area (Å²) in [7, 11) is 0. The number of esters is 2. The zero-order valence-electron chi connectivity index (χ0n) is 9.13. The molecule has 0 spiro atoms. The first kappa shape index (κ1) is 12.8. The van der Waals surface area contributed by atoms with Gasteiger partial charge in [0.15, 0.2) is 0 Å². The number of hydrogen-bond acceptors (Lipinski definition) is 5.